The largest absolute Gasteiger partial charge is 0.272 e. The summed E-state index contributed by atoms with van der Waals surface area (Å²) in [7, 11) is 0. The molecule has 6 heteroatoms. The molecule has 0 aromatic heterocycles. The van der Waals surface area contributed by atoms with E-state index in [1.165, 1.54) is 5.01 Å². The number of amides is 1. The van der Waals surface area contributed by atoms with E-state index in [0.29, 0.717) is 15.7 Å². The van der Waals surface area contributed by atoms with Crippen molar-refractivity contribution in [1.82, 2.24) is 0 Å². The van der Waals surface area contributed by atoms with Gasteiger partial charge in [-0.3, -0.25) is 4.79 Å². The lowest BCUT2D eigenvalue weighted by Crippen LogP contribution is -2.24. The van der Waals surface area contributed by atoms with Crippen LogP contribution < -0.4 is 5.01 Å². The number of benzene rings is 1. The second kappa shape index (κ2) is 4.24. The highest BCUT2D eigenvalue weighted by Crippen LogP contribution is 2.30. The number of hydrogen-bond acceptors (Lipinski definition) is 2. The van der Waals surface area contributed by atoms with E-state index in [4.69, 9.17) is 34.8 Å². The minimum Gasteiger partial charge on any atom is -0.272 e. The van der Waals surface area contributed by atoms with Crippen molar-refractivity contribution >= 4 is 51.6 Å². The van der Waals surface area contributed by atoms with Gasteiger partial charge in [-0.05, 0) is 25.1 Å². The van der Waals surface area contributed by atoms with E-state index in [1.807, 2.05) is 0 Å². The zero-order valence-corrected chi connectivity index (χ0v) is 10.5. The molecule has 0 bridgehead atoms. The van der Waals surface area contributed by atoms with Crippen LogP contribution in [0.3, 0.4) is 0 Å². The molecule has 16 heavy (non-hydrogen) atoms. The van der Waals surface area contributed by atoms with E-state index in [9.17, 15) is 4.79 Å². The fraction of sp³-hybridized carbons (Fsp3) is 0.200. The van der Waals surface area contributed by atoms with Crippen LogP contribution in [-0.4, -0.2) is 11.1 Å². The van der Waals surface area contributed by atoms with Gasteiger partial charge in [-0.25, -0.2) is 0 Å². The number of rotatable bonds is 1. The summed E-state index contributed by atoms with van der Waals surface area (Å²) in [6, 6.07) is 4.80. The number of carbonyl (C=O) groups excluding carboxylic acids is 1. The molecule has 1 amide bonds. The summed E-state index contributed by atoms with van der Waals surface area (Å²) in [5.41, 5.74) is 0.519. The van der Waals surface area contributed by atoms with Gasteiger partial charge in [-0.15, -0.1) is 0 Å². The van der Waals surface area contributed by atoms with Crippen LogP contribution >= 0.6 is 34.8 Å². The molecule has 0 saturated carbocycles. The molecule has 1 aliphatic rings. The third-order valence-corrected chi connectivity index (χ3v) is 3.06. The Kier molecular flexibility index (Phi) is 3.10. The van der Waals surface area contributed by atoms with E-state index in [1.54, 1.807) is 25.1 Å². The molecule has 1 aliphatic heterocycles. The fourth-order valence-electron chi connectivity index (χ4n) is 1.36. The lowest BCUT2D eigenvalue weighted by Gasteiger charge is -2.13. The van der Waals surface area contributed by atoms with Crippen molar-refractivity contribution in [2.24, 2.45) is 11.0 Å². The topological polar surface area (TPSA) is 32.7 Å². The number of carbonyl (C=O) groups is 1. The predicted octanol–water partition coefficient (Wildman–Crippen LogP) is 3.53. The quantitative estimate of drug-likeness (QED) is 0.773. The standard InChI is InChI=1S/C10H7Cl3N2O/c1-5-9(13)14-15(10(5)16)8-3-6(11)2-7(12)4-8/h2-5H,1H3. The van der Waals surface area contributed by atoms with Crippen molar-refractivity contribution in [1.29, 1.82) is 0 Å². The van der Waals surface area contributed by atoms with Crippen LogP contribution in [0.4, 0.5) is 5.69 Å². The zero-order chi connectivity index (χ0) is 11.9. The first kappa shape index (κ1) is 11.7. The molecule has 0 aliphatic carbocycles. The summed E-state index contributed by atoms with van der Waals surface area (Å²) in [6.45, 7) is 1.69. The Bertz CT molecular complexity index is 467. The van der Waals surface area contributed by atoms with Crippen LogP contribution in [-0.2, 0) is 4.79 Å². The molecule has 1 aromatic carbocycles. The molecule has 1 heterocycles. The first-order valence-corrected chi connectivity index (χ1v) is 5.66. The van der Waals surface area contributed by atoms with Crippen molar-refractivity contribution < 1.29 is 4.79 Å². The second-order valence-electron chi connectivity index (χ2n) is 3.42. The summed E-state index contributed by atoms with van der Waals surface area (Å²) in [6.07, 6.45) is 0. The smallest absolute Gasteiger partial charge is 0.257 e. The van der Waals surface area contributed by atoms with Gasteiger partial charge in [-0.2, -0.15) is 10.1 Å². The van der Waals surface area contributed by atoms with Crippen LogP contribution in [0.2, 0.25) is 10.0 Å². The van der Waals surface area contributed by atoms with Gasteiger partial charge in [0.15, 0.2) is 0 Å². The molecule has 1 atom stereocenters. The maximum absolute atomic E-state index is 11.8. The summed E-state index contributed by atoms with van der Waals surface area (Å²) in [4.78, 5) is 11.8. The van der Waals surface area contributed by atoms with Gasteiger partial charge in [0.2, 0.25) is 0 Å². The molecule has 0 saturated heterocycles. The van der Waals surface area contributed by atoms with Crippen LogP contribution in [0.25, 0.3) is 0 Å². The van der Waals surface area contributed by atoms with E-state index in [0.717, 1.165) is 0 Å². The van der Waals surface area contributed by atoms with Gasteiger partial charge in [0.1, 0.15) is 5.17 Å². The van der Waals surface area contributed by atoms with E-state index >= 15 is 0 Å². The molecule has 0 fully saturated rings. The molecule has 1 unspecified atom stereocenters. The van der Waals surface area contributed by atoms with E-state index in [-0.39, 0.29) is 11.1 Å². The fourth-order valence-corrected chi connectivity index (χ4v) is 2.05. The maximum Gasteiger partial charge on any atom is 0.257 e. The van der Waals surface area contributed by atoms with Crippen LogP contribution in [0.15, 0.2) is 23.3 Å². The molecular weight excluding hydrogens is 270 g/mol. The molecular formula is C10H7Cl3N2O. The molecule has 0 spiro atoms. The average Bonchev–Trinajstić information content (AvgIpc) is 2.44. The van der Waals surface area contributed by atoms with Gasteiger partial charge >= 0.3 is 0 Å². The summed E-state index contributed by atoms with van der Waals surface area (Å²) >= 11 is 17.5. The Morgan fingerprint density at radius 2 is 1.75 bits per heavy atom. The normalized spacial score (nSPS) is 20.2. The Hall–Kier alpha value is -0.770. The number of anilines is 1. The Balaban J connectivity index is 2.42. The summed E-state index contributed by atoms with van der Waals surface area (Å²) < 4.78 is 0. The van der Waals surface area contributed by atoms with Crippen LogP contribution in [0, 0.1) is 5.92 Å². The zero-order valence-electron chi connectivity index (χ0n) is 8.25. The Morgan fingerprint density at radius 3 is 2.19 bits per heavy atom. The number of nitrogens with zero attached hydrogens (tertiary/aromatic N) is 2. The first-order chi connectivity index (χ1) is 7.49. The first-order valence-electron chi connectivity index (χ1n) is 4.53. The number of halogens is 3. The predicted molar refractivity (Wildman–Crippen MR) is 66.4 cm³/mol. The summed E-state index contributed by atoms with van der Waals surface area (Å²) in [5.74, 6) is -0.609. The third-order valence-electron chi connectivity index (χ3n) is 2.22. The maximum atomic E-state index is 11.8. The lowest BCUT2D eigenvalue weighted by atomic mass is 10.2. The van der Waals surface area contributed by atoms with Crippen molar-refractivity contribution in [3.8, 4) is 0 Å². The van der Waals surface area contributed by atoms with Gasteiger partial charge in [0, 0.05) is 10.0 Å². The lowest BCUT2D eigenvalue weighted by molar-refractivity contribution is -0.119. The SMILES string of the molecule is CC1C(=O)N(c2cc(Cl)cc(Cl)c2)N=C1Cl. The molecule has 3 nitrogen and oxygen atoms in total. The van der Waals surface area contributed by atoms with Gasteiger partial charge in [0.25, 0.3) is 5.91 Å². The van der Waals surface area contributed by atoms with Crippen molar-refractivity contribution in [3.63, 3.8) is 0 Å². The highest BCUT2D eigenvalue weighted by atomic mass is 35.5. The molecule has 0 radical (unpaired) electrons. The summed E-state index contributed by atoms with van der Waals surface area (Å²) in [5, 5.41) is 6.32. The van der Waals surface area contributed by atoms with Crippen molar-refractivity contribution in [3.05, 3.63) is 28.2 Å². The average molecular weight is 278 g/mol. The van der Waals surface area contributed by atoms with Crippen molar-refractivity contribution in [2.45, 2.75) is 6.92 Å². The third kappa shape index (κ3) is 2.03. The monoisotopic (exact) mass is 276 g/mol. The minimum absolute atomic E-state index is 0.191. The van der Waals surface area contributed by atoms with Gasteiger partial charge < -0.3 is 0 Å². The van der Waals surface area contributed by atoms with Crippen LogP contribution in [0.1, 0.15) is 6.92 Å². The van der Waals surface area contributed by atoms with E-state index < -0.39 is 5.92 Å². The van der Waals surface area contributed by atoms with Crippen LogP contribution in [0.5, 0.6) is 0 Å². The minimum atomic E-state index is -0.417. The van der Waals surface area contributed by atoms with Crippen molar-refractivity contribution in [2.75, 3.05) is 5.01 Å². The highest BCUT2D eigenvalue weighted by molar-refractivity contribution is 6.68. The Labute approximate surface area is 108 Å². The molecule has 2 rings (SSSR count). The molecule has 1 aromatic rings. The second-order valence-corrected chi connectivity index (χ2v) is 4.68. The van der Waals surface area contributed by atoms with Gasteiger partial charge in [-0.1, -0.05) is 34.8 Å². The number of hydrazone groups is 1. The van der Waals surface area contributed by atoms with E-state index in [2.05, 4.69) is 5.10 Å². The molecule has 0 N–H and O–H groups in total. The number of hydrogen-bond donors (Lipinski definition) is 0. The van der Waals surface area contributed by atoms with Gasteiger partial charge in [0.05, 0.1) is 11.6 Å². The highest BCUT2D eigenvalue weighted by Gasteiger charge is 2.32. The molecule has 84 valence electrons. The Morgan fingerprint density at radius 1 is 1.19 bits per heavy atom.